The van der Waals surface area contributed by atoms with Crippen molar-refractivity contribution in [2.24, 2.45) is 0 Å². The van der Waals surface area contributed by atoms with Gasteiger partial charge in [-0.1, -0.05) is 6.92 Å². The summed E-state index contributed by atoms with van der Waals surface area (Å²) in [6.45, 7) is 1.80. The molecule has 1 aromatic rings. The number of carboxylic acids is 1. The maximum absolute atomic E-state index is 11.5. The Balaban J connectivity index is 2.27. The molecule has 0 saturated heterocycles. The summed E-state index contributed by atoms with van der Waals surface area (Å²) in [7, 11) is 0. The Kier molecular flexibility index (Phi) is 5.59. The number of furan rings is 1. The van der Waals surface area contributed by atoms with Gasteiger partial charge in [0.1, 0.15) is 12.3 Å². The molecule has 0 saturated carbocycles. The summed E-state index contributed by atoms with van der Waals surface area (Å²) < 4.78 is 4.75. The Morgan fingerprint density at radius 2 is 2.16 bits per heavy atom. The molecule has 0 bridgehead atoms. The van der Waals surface area contributed by atoms with Crippen LogP contribution < -0.4 is 10.6 Å². The van der Waals surface area contributed by atoms with Crippen molar-refractivity contribution in [2.45, 2.75) is 25.8 Å². The van der Waals surface area contributed by atoms with Gasteiger partial charge in [-0.25, -0.2) is 4.79 Å². The Morgan fingerprint density at radius 1 is 1.42 bits per heavy atom. The summed E-state index contributed by atoms with van der Waals surface area (Å²) in [4.78, 5) is 33.6. The number of hydrogen-bond donors (Lipinski definition) is 3. The first-order valence-corrected chi connectivity index (χ1v) is 5.87. The third-order valence-electron chi connectivity index (χ3n) is 2.46. The fourth-order valence-electron chi connectivity index (χ4n) is 1.39. The summed E-state index contributed by atoms with van der Waals surface area (Å²) in [6, 6.07) is 0.615. The van der Waals surface area contributed by atoms with Gasteiger partial charge < -0.3 is 20.2 Å². The fraction of sp³-hybridized carbons (Fsp3) is 0.417. The van der Waals surface area contributed by atoms with E-state index >= 15 is 0 Å². The SMILES string of the molecule is CC[C@H](NC(=O)CCNC(=O)c1ccoc1)C(=O)O. The lowest BCUT2D eigenvalue weighted by Crippen LogP contribution is -2.41. The predicted octanol–water partition coefficient (Wildman–Crippen LogP) is 0.379. The highest BCUT2D eigenvalue weighted by atomic mass is 16.4. The molecule has 0 aromatic carbocycles. The Hall–Kier alpha value is -2.31. The zero-order chi connectivity index (χ0) is 14.3. The van der Waals surface area contributed by atoms with Crippen LogP contribution in [0, 0.1) is 0 Å². The van der Waals surface area contributed by atoms with Crippen molar-refractivity contribution < 1.29 is 23.9 Å². The monoisotopic (exact) mass is 268 g/mol. The molecule has 19 heavy (non-hydrogen) atoms. The van der Waals surface area contributed by atoms with Gasteiger partial charge in [0.05, 0.1) is 11.8 Å². The summed E-state index contributed by atoms with van der Waals surface area (Å²) in [5.41, 5.74) is 0.373. The van der Waals surface area contributed by atoms with Crippen LogP contribution in [-0.4, -0.2) is 35.5 Å². The quantitative estimate of drug-likeness (QED) is 0.662. The molecule has 2 amide bonds. The maximum Gasteiger partial charge on any atom is 0.326 e. The van der Waals surface area contributed by atoms with E-state index in [2.05, 4.69) is 10.6 Å². The molecule has 0 aliphatic carbocycles. The van der Waals surface area contributed by atoms with Crippen molar-refractivity contribution in [1.29, 1.82) is 0 Å². The molecule has 0 fully saturated rings. The van der Waals surface area contributed by atoms with Gasteiger partial charge in [-0.15, -0.1) is 0 Å². The normalized spacial score (nSPS) is 11.6. The van der Waals surface area contributed by atoms with Gasteiger partial charge in [-0.3, -0.25) is 9.59 Å². The van der Waals surface area contributed by atoms with E-state index in [1.807, 2.05) is 0 Å². The molecule has 3 N–H and O–H groups in total. The van der Waals surface area contributed by atoms with E-state index in [1.54, 1.807) is 6.92 Å². The largest absolute Gasteiger partial charge is 0.480 e. The van der Waals surface area contributed by atoms with Gasteiger partial charge in [-0.2, -0.15) is 0 Å². The lowest BCUT2D eigenvalue weighted by molar-refractivity contribution is -0.141. The molecule has 0 aliphatic rings. The summed E-state index contributed by atoms with van der Waals surface area (Å²) in [5, 5.41) is 13.7. The van der Waals surface area contributed by atoms with E-state index in [1.165, 1.54) is 18.6 Å². The molecule has 0 spiro atoms. The number of hydrogen-bond acceptors (Lipinski definition) is 4. The van der Waals surface area contributed by atoms with Crippen LogP contribution in [0.2, 0.25) is 0 Å². The second-order valence-corrected chi connectivity index (χ2v) is 3.88. The van der Waals surface area contributed by atoms with Gasteiger partial charge in [-0.05, 0) is 12.5 Å². The second-order valence-electron chi connectivity index (χ2n) is 3.88. The molecule has 0 unspecified atom stereocenters. The van der Waals surface area contributed by atoms with Crippen molar-refractivity contribution in [3.05, 3.63) is 24.2 Å². The van der Waals surface area contributed by atoms with Gasteiger partial charge in [0.15, 0.2) is 0 Å². The lowest BCUT2D eigenvalue weighted by Gasteiger charge is -2.12. The first-order chi connectivity index (χ1) is 9.04. The summed E-state index contributed by atoms with van der Waals surface area (Å²) >= 11 is 0. The summed E-state index contributed by atoms with van der Waals surface area (Å²) in [5.74, 6) is -1.83. The molecule has 1 rings (SSSR count). The maximum atomic E-state index is 11.5. The molecule has 1 aromatic heterocycles. The zero-order valence-corrected chi connectivity index (χ0v) is 10.5. The van der Waals surface area contributed by atoms with Gasteiger partial charge >= 0.3 is 5.97 Å². The van der Waals surface area contributed by atoms with Crippen molar-refractivity contribution >= 4 is 17.8 Å². The highest BCUT2D eigenvalue weighted by Gasteiger charge is 2.17. The van der Waals surface area contributed by atoms with Crippen LogP contribution in [0.1, 0.15) is 30.1 Å². The summed E-state index contributed by atoms with van der Waals surface area (Å²) in [6.07, 6.45) is 3.00. The number of amides is 2. The zero-order valence-electron chi connectivity index (χ0n) is 10.5. The van der Waals surface area contributed by atoms with Crippen LogP contribution >= 0.6 is 0 Å². The number of carbonyl (C=O) groups is 3. The van der Waals surface area contributed by atoms with Gasteiger partial charge in [0.25, 0.3) is 5.91 Å². The van der Waals surface area contributed by atoms with Crippen LogP contribution in [0.5, 0.6) is 0 Å². The minimum absolute atomic E-state index is 0.0212. The Labute approximate surface area is 110 Å². The third kappa shape index (κ3) is 4.82. The highest BCUT2D eigenvalue weighted by molar-refractivity contribution is 5.94. The topological polar surface area (TPSA) is 109 Å². The number of rotatable bonds is 7. The van der Waals surface area contributed by atoms with Crippen molar-refractivity contribution in [3.63, 3.8) is 0 Å². The highest BCUT2D eigenvalue weighted by Crippen LogP contribution is 1.99. The lowest BCUT2D eigenvalue weighted by atomic mass is 10.2. The number of carbonyl (C=O) groups excluding carboxylic acids is 2. The molecular formula is C12H16N2O5. The van der Waals surface area contributed by atoms with E-state index in [0.717, 1.165) is 0 Å². The first kappa shape index (κ1) is 14.7. The number of carboxylic acid groups (broad SMARTS) is 1. The minimum atomic E-state index is -1.07. The molecule has 1 heterocycles. The van der Waals surface area contributed by atoms with Gasteiger partial charge in [0.2, 0.25) is 5.91 Å². The molecule has 7 nitrogen and oxygen atoms in total. The van der Waals surface area contributed by atoms with Crippen molar-refractivity contribution in [1.82, 2.24) is 10.6 Å². The van der Waals surface area contributed by atoms with Crippen LogP contribution in [0.4, 0.5) is 0 Å². The molecule has 7 heteroatoms. The Bertz CT molecular complexity index is 441. The Morgan fingerprint density at radius 3 is 2.68 bits per heavy atom. The molecule has 0 aliphatic heterocycles. The van der Waals surface area contributed by atoms with E-state index in [0.29, 0.717) is 12.0 Å². The van der Waals surface area contributed by atoms with Crippen molar-refractivity contribution in [2.75, 3.05) is 6.54 Å². The van der Waals surface area contributed by atoms with E-state index in [9.17, 15) is 14.4 Å². The van der Waals surface area contributed by atoms with E-state index in [4.69, 9.17) is 9.52 Å². The van der Waals surface area contributed by atoms with E-state index < -0.39 is 17.9 Å². The van der Waals surface area contributed by atoms with Crippen LogP contribution in [-0.2, 0) is 9.59 Å². The smallest absolute Gasteiger partial charge is 0.326 e. The molecule has 104 valence electrons. The third-order valence-corrected chi connectivity index (χ3v) is 2.46. The number of nitrogens with one attached hydrogen (secondary N) is 2. The predicted molar refractivity (Wildman–Crippen MR) is 65.5 cm³/mol. The van der Waals surface area contributed by atoms with E-state index in [-0.39, 0.29) is 18.9 Å². The average Bonchev–Trinajstić information content (AvgIpc) is 2.89. The number of aliphatic carboxylic acids is 1. The van der Waals surface area contributed by atoms with Crippen molar-refractivity contribution in [3.8, 4) is 0 Å². The molecule has 0 radical (unpaired) electrons. The first-order valence-electron chi connectivity index (χ1n) is 5.87. The molecular weight excluding hydrogens is 252 g/mol. The van der Waals surface area contributed by atoms with Crippen LogP contribution in [0.3, 0.4) is 0 Å². The second kappa shape index (κ2) is 7.20. The van der Waals surface area contributed by atoms with Crippen LogP contribution in [0.25, 0.3) is 0 Å². The van der Waals surface area contributed by atoms with Crippen LogP contribution in [0.15, 0.2) is 23.0 Å². The standard InChI is InChI=1S/C12H16N2O5/c1-2-9(12(17)18)14-10(15)3-5-13-11(16)8-4-6-19-7-8/h4,6-7,9H,2-3,5H2,1H3,(H,13,16)(H,14,15)(H,17,18)/t9-/m0/s1. The molecule has 1 atom stereocenters. The van der Waals surface area contributed by atoms with Gasteiger partial charge in [0, 0.05) is 13.0 Å². The average molecular weight is 268 g/mol. The minimum Gasteiger partial charge on any atom is -0.480 e. The fourth-order valence-corrected chi connectivity index (χ4v) is 1.39.